The number of nitrogens with zero attached hydrogens (tertiary/aromatic N) is 2. The topological polar surface area (TPSA) is 133 Å². The third-order valence-corrected chi connectivity index (χ3v) is 4.53. The summed E-state index contributed by atoms with van der Waals surface area (Å²) in [5.74, 6) is -0.974. The molecule has 0 spiro atoms. The van der Waals surface area contributed by atoms with Gasteiger partial charge in [0.15, 0.2) is 30.5 Å². The van der Waals surface area contributed by atoms with Crippen LogP contribution in [-0.4, -0.2) is 81.1 Å². The largest absolute Gasteiger partial charge is 0.478 e. The molecule has 0 saturated heterocycles. The summed E-state index contributed by atoms with van der Waals surface area (Å²) in [4.78, 5) is 53.4. The van der Waals surface area contributed by atoms with Gasteiger partial charge in [-0.2, -0.15) is 0 Å². The Labute approximate surface area is 210 Å². The van der Waals surface area contributed by atoms with E-state index in [4.69, 9.17) is 9.47 Å². The predicted octanol–water partition coefficient (Wildman–Crippen LogP) is 2.35. The average Bonchev–Trinajstić information content (AvgIpc) is 2.91. The second-order valence-corrected chi connectivity index (χ2v) is 6.96. The van der Waals surface area contributed by atoms with Crippen LogP contribution in [0.1, 0.15) is 30.6 Å². The molecule has 0 aliphatic heterocycles. The molecule has 11 nitrogen and oxygen atoms in total. The fraction of sp³-hybridized carbons (Fsp3) is 0.400. The van der Waals surface area contributed by atoms with Crippen molar-refractivity contribution < 1.29 is 38.1 Å². The molecule has 0 unspecified atom stereocenters. The number of esters is 2. The minimum Gasteiger partial charge on any atom is -0.478 e. The average molecular weight is 504 g/mol. The zero-order valence-electron chi connectivity index (χ0n) is 21.2. The van der Waals surface area contributed by atoms with Gasteiger partial charge in [0.2, 0.25) is 5.91 Å². The van der Waals surface area contributed by atoms with Crippen molar-refractivity contribution in [3.8, 4) is 11.5 Å². The predicted molar refractivity (Wildman–Crippen MR) is 132 cm³/mol. The summed E-state index contributed by atoms with van der Waals surface area (Å²) in [6.07, 6.45) is 1.82. The van der Waals surface area contributed by atoms with Crippen molar-refractivity contribution in [1.29, 1.82) is 0 Å². The van der Waals surface area contributed by atoms with E-state index >= 15 is 0 Å². The molecule has 1 aromatic heterocycles. The Morgan fingerprint density at radius 1 is 0.917 bits per heavy atom. The molecule has 0 aliphatic rings. The van der Waals surface area contributed by atoms with Crippen LogP contribution in [0.15, 0.2) is 42.6 Å². The van der Waals surface area contributed by atoms with Gasteiger partial charge in [-0.1, -0.05) is 19.9 Å². The molecule has 0 atom stereocenters. The molecular formula is C25H33N3O8. The minimum atomic E-state index is -0.639. The molecule has 0 saturated carbocycles. The first-order chi connectivity index (χ1) is 17.3. The van der Waals surface area contributed by atoms with Crippen LogP contribution in [0.2, 0.25) is 0 Å². The maximum absolute atomic E-state index is 12.7. The molecule has 36 heavy (non-hydrogen) atoms. The number of hydrogen-bond acceptors (Lipinski definition) is 10. The zero-order chi connectivity index (χ0) is 26.9. The Balaban J connectivity index is 0.00000316. The Morgan fingerprint density at radius 3 is 2.14 bits per heavy atom. The van der Waals surface area contributed by atoms with Crippen molar-refractivity contribution in [2.24, 2.45) is 0 Å². The van der Waals surface area contributed by atoms with Gasteiger partial charge < -0.3 is 29.2 Å². The number of methoxy groups -OCH3 is 2. The van der Waals surface area contributed by atoms with Gasteiger partial charge in [0.05, 0.1) is 20.8 Å². The number of amides is 1. The van der Waals surface area contributed by atoms with Crippen LogP contribution in [0.4, 0.5) is 5.82 Å². The zero-order valence-corrected chi connectivity index (χ0v) is 21.2. The van der Waals surface area contributed by atoms with E-state index in [0.29, 0.717) is 12.4 Å². The van der Waals surface area contributed by atoms with E-state index in [-0.39, 0.29) is 48.3 Å². The SMILES string of the molecule is CC.COC(=O)COc1ccc(C(=O)CN(C)C(=O)CCNc2ccccn2)cc1OCC(=O)OC. The second-order valence-electron chi connectivity index (χ2n) is 6.96. The molecule has 11 heteroatoms. The molecule has 0 fully saturated rings. The molecule has 2 aromatic rings. The molecule has 1 heterocycles. The van der Waals surface area contributed by atoms with Gasteiger partial charge in [-0.05, 0) is 30.3 Å². The van der Waals surface area contributed by atoms with E-state index in [9.17, 15) is 19.2 Å². The van der Waals surface area contributed by atoms with Crippen LogP contribution in [0, 0.1) is 0 Å². The molecule has 196 valence electrons. The molecule has 1 amide bonds. The van der Waals surface area contributed by atoms with E-state index < -0.39 is 18.5 Å². The third-order valence-electron chi connectivity index (χ3n) is 4.53. The lowest BCUT2D eigenvalue weighted by molar-refractivity contribution is -0.144. The highest BCUT2D eigenvalue weighted by Crippen LogP contribution is 2.29. The number of benzene rings is 1. The summed E-state index contributed by atoms with van der Waals surface area (Å²) in [6, 6.07) is 9.69. The standard InChI is InChI=1S/C23H27N3O8.C2H6/c1-26(21(28)9-11-25-20-6-4-5-10-24-20)13-17(27)16-7-8-18(33-14-22(29)31-2)19(12-16)34-15-23(30)32-3;1-2/h4-8,10,12H,9,11,13-15H2,1-3H3,(H,24,25);1-2H3. The van der Waals surface area contributed by atoms with Crippen molar-refractivity contribution in [3.05, 3.63) is 48.2 Å². The maximum Gasteiger partial charge on any atom is 0.343 e. The number of carbonyl (C=O) groups is 4. The number of likely N-dealkylation sites (N-methyl/N-ethyl adjacent to an activating group) is 1. The first-order valence-corrected chi connectivity index (χ1v) is 11.3. The van der Waals surface area contributed by atoms with E-state index in [1.807, 2.05) is 19.9 Å². The van der Waals surface area contributed by atoms with Crippen LogP contribution in [0.25, 0.3) is 0 Å². The van der Waals surface area contributed by atoms with Crippen LogP contribution >= 0.6 is 0 Å². The van der Waals surface area contributed by atoms with E-state index in [2.05, 4.69) is 19.8 Å². The Kier molecular flexibility index (Phi) is 13.7. The normalized spacial score (nSPS) is 9.69. The number of ether oxygens (including phenoxy) is 4. The first-order valence-electron chi connectivity index (χ1n) is 11.3. The first kappa shape index (κ1) is 29.9. The number of pyridine rings is 1. The number of rotatable bonds is 13. The van der Waals surface area contributed by atoms with Crippen LogP contribution in [-0.2, 0) is 23.9 Å². The number of nitrogens with one attached hydrogen (secondary N) is 1. The summed E-state index contributed by atoms with van der Waals surface area (Å²) < 4.78 is 19.8. The Morgan fingerprint density at radius 2 is 1.56 bits per heavy atom. The Bertz CT molecular complexity index is 998. The highest BCUT2D eigenvalue weighted by Gasteiger charge is 2.18. The van der Waals surface area contributed by atoms with Gasteiger partial charge >= 0.3 is 11.9 Å². The molecule has 1 aromatic carbocycles. The maximum atomic E-state index is 12.7. The van der Waals surface area contributed by atoms with Crippen molar-refractivity contribution in [2.75, 3.05) is 52.9 Å². The summed E-state index contributed by atoms with van der Waals surface area (Å²) in [6.45, 7) is 3.39. The lowest BCUT2D eigenvalue weighted by Crippen LogP contribution is -2.33. The summed E-state index contributed by atoms with van der Waals surface area (Å²) in [7, 11) is 3.96. The van der Waals surface area contributed by atoms with Crippen LogP contribution in [0.3, 0.4) is 0 Å². The van der Waals surface area contributed by atoms with Crippen LogP contribution < -0.4 is 14.8 Å². The summed E-state index contributed by atoms with van der Waals surface area (Å²) in [5.41, 5.74) is 0.233. The van der Waals surface area contributed by atoms with E-state index in [1.165, 1.54) is 44.4 Å². The lowest BCUT2D eigenvalue weighted by atomic mass is 10.1. The smallest absolute Gasteiger partial charge is 0.343 e. The highest BCUT2D eigenvalue weighted by atomic mass is 16.6. The molecule has 2 rings (SSSR count). The van der Waals surface area contributed by atoms with E-state index in [0.717, 1.165) is 0 Å². The number of carbonyl (C=O) groups excluding carboxylic acids is 4. The fourth-order valence-electron chi connectivity index (χ4n) is 2.66. The molecule has 1 N–H and O–H groups in total. The monoisotopic (exact) mass is 503 g/mol. The second kappa shape index (κ2) is 16.5. The summed E-state index contributed by atoms with van der Waals surface area (Å²) >= 11 is 0. The summed E-state index contributed by atoms with van der Waals surface area (Å²) in [5, 5.41) is 3.04. The number of Topliss-reactive ketones (excluding diaryl/α,β-unsaturated/α-hetero) is 1. The van der Waals surface area contributed by atoms with Gasteiger partial charge in [0.25, 0.3) is 0 Å². The molecule has 0 bridgehead atoms. The van der Waals surface area contributed by atoms with Crippen molar-refractivity contribution in [3.63, 3.8) is 0 Å². The molecule has 0 radical (unpaired) electrons. The highest BCUT2D eigenvalue weighted by molar-refractivity contribution is 5.99. The van der Waals surface area contributed by atoms with Crippen molar-refractivity contribution in [2.45, 2.75) is 20.3 Å². The number of hydrogen-bond donors (Lipinski definition) is 1. The van der Waals surface area contributed by atoms with Gasteiger partial charge in [-0.3, -0.25) is 9.59 Å². The lowest BCUT2D eigenvalue weighted by Gasteiger charge is -2.17. The van der Waals surface area contributed by atoms with Crippen molar-refractivity contribution >= 4 is 29.4 Å². The van der Waals surface area contributed by atoms with Gasteiger partial charge in [-0.15, -0.1) is 0 Å². The number of anilines is 1. The van der Waals surface area contributed by atoms with Gasteiger partial charge in [-0.25, -0.2) is 14.6 Å². The van der Waals surface area contributed by atoms with Gasteiger partial charge in [0.1, 0.15) is 5.82 Å². The Hall–Kier alpha value is -4.15. The third kappa shape index (κ3) is 10.4. The molecule has 0 aliphatic carbocycles. The molecular weight excluding hydrogens is 470 g/mol. The van der Waals surface area contributed by atoms with Gasteiger partial charge in [0, 0.05) is 31.8 Å². The van der Waals surface area contributed by atoms with Crippen LogP contribution in [0.5, 0.6) is 11.5 Å². The van der Waals surface area contributed by atoms with E-state index in [1.54, 1.807) is 18.3 Å². The number of ketones is 1. The minimum absolute atomic E-state index is 0.0636. The van der Waals surface area contributed by atoms with Crippen molar-refractivity contribution in [1.82, 2.24) is 9.88 Å². The fourth-order valence-corrected chi connectivity index (χ4v) is 2.66. The quantitative estimate of drug-likeness (QED) is 0.321. The number of aromatic nitrogens is 1.